The van der Waals surface area contributed by atoms with Gasteiger partial charge < -0.3 is 10.6 Å². The third kappa shape index (κ3) is 2.75. The van der Waals surface area contributed by atoms with Crippen LogP contribution in [0.1, 0.15) is 30.1 Å². The van der Waals surface area contributed by atoms with Crippen LogP contribution in [0.2, 0.25) is 0 Å². The number of carbonyl (C=O) groups excluding carboxylic acids is 2. The van der Waals surface area contributed by atoms with E-state index >= 15 is 0 Å². The first-order chi connectivity index (χ1) is 8.49. The molecule has 0 aliphatic carbocycles. The first-order valence-corrected chi connectivity index (χ1v) is 7.50. The maximum atomic E-state index is 12.4. The fourth-order valence-corrected chi connectivity index (χ4v) is 3.34. The molecule has 0 spiro atoms. The molecule has 98 valence electrons. The molecule has 1 aromatic heterocycles. The smallest absolute Gasteiger partial charge is 0.255 e. The summed E-state index contributed by atoms with van der Waals surface area (Å²) in [5, 5.41) is 1.83. The molecule has 2 N–H and O–H groups in total. The van der Waals surface area contributed by atoms with Crippen LogP contribution in [0.15, 0.2) is 15.2 Å². The average molecular weight is 331 g/mol. The monoisotopic (exact) mass is 330 g/mol. The summed E-state index contributed by atoms with van der Waals surface area (Å²) in [6.45, 7) is 2.44. The third-order valence-electron chi connectivity index (χ3n) is 3.36. The van der Waals surface area contributed by atoms with Crippen LogP contribution in [0.25, 0.3) is 0 Å². The van der Waals surface area contributed by atoms with E-state index in [9.17, 15) is 9.59 Å². The van der Waals surface area contributed by atoms with Gasteiger partial charge >= 0.3 is 0 Å². The van der Waals surface area contributed by atoms with Gasteiger partial charge in [0.2, 0.25) is 5.91 Å². The topological polar surface area (TPSA) is 63.4 Å². The van der Waals surface area contributed by atoms with Crippen molar-refractivity contribution in [2.24, 2.45) is 11.7 Å². The zero-order valence-electron chi connectivity index (χ0n) is 10.1. The zero-order valence-corrected chi connectivity index (χ0v) is 12.5. The van der Waals surface area contributed by atoms with E-state index in [1.165, 1.54) is 11.3 Å². The molecule has 1 saturated heterocycles. The highest BCUT2D eigenvalue weighted by molar-refractivity contribution is 9.11. The summed E-state index contributed by atoms with van der Waals surface area (Å²) >= 11 is 4.83. The van der Waals surface area contributed by atoms with Crippen LogP contribution in [-0.4, -0.2) is 29.3 Å². The predicted octanol–water partition coefficient (Wildman–Crippen LogP) is 2.24. The Morgan fingerprint density at radius 1 is 1.50 bits per heavy atom. The van der Waals surface area contributed by atoms with Crippen LogP contribution < -0.4 is 5.73 Å². The lowest BCUT2D eigenvalue weighted by Gasteiger charge is -2.36. The number of rotatable bonds is 2. The van der Waals surface area contributed by atoms with Crippen molar-refractivity contribution in [1.29, 1.82) is 0 Å². The second-order valence-corrected chi connectivity index (χ2v) is 6.91. The highest BCUT2D eigenvalue weighted by Gasteiger charge is 2.32. The minimum absolute atomic E-state index is 0.0181. The fourth-order valence-electron chi connectivity index (χ4n) is 2.21. The summed E-state index contributed by atoms with van der Waals surface area (Å²) in [5.41, 5.74) is 6.01. The van der Waals surface area contributed by atoms with Gasteiger partial charge in [-0.15, -0.1) is 11.3 Å². The van der Waals surface area contributed by atoms with E-state index in [0.29, 0.717) is 12.1 Å². The summed E-state index contributed by atoms with van der Waals surface area (Å²) in [5.74, 6) is -0.547. The second-order valence-electron chi connectivity index (χ2n) is 4.62. The van der Waals surface area contributed by atoms with Gasteiger partial charge in [0, 0.05) is 18.0 Å². The number of primary amides is 1. The molecule has 1 fully saturated rings. The second kappa shape index (κ2) is 5.40. The molecule has 1 aliphatic rings. The molecule has 6 heteroatoms. The predicted molar refractivity (Wildman–Crippen MR) is 74.4 cm³/mol. The molecule has 0 unspecified atom stereocenters. The summed E-state index contributed by atoms with van der Waals surface area (Å²) in [7, 11) is 0. The molecule has 2 rings (SSSR count). The number of nitrogens with two attached hydrogens (primary N) is 1. The fraction of sp³-hybridized carbons (Fsp3) is 0.500. The Bertz CT molecular complexity index is 474. The normalized spacial score (nSPS) is 24.0. The third-order valence-corrected chi connectivity index (χ3v) is 4.86. The molecule has 0 bridgehead atoms. The summed E-state index contributed by atoms with van der Waals surface area (Å²) in [6.07, 6.45) is 1.60. The number of halogens is 1. The molecule has 2 atom stereocenters. The lowest BCUT2D eigenvalue weighted by molar-refractivity contribution is -0.123. The number of hydrogen-bond donors (Lipinski definition) is 1. The van der Waals surface area contributed by atoms with Gasteiger partial charge in [0.25, 0.3) is 5.91 Å². The summed E-state index contributed by atoms with van der Waals surface area (Å²) in [4.78, 5) is 25.4. The lowest BCUT2D eigenvalue weighted by Crippen LogP contribution is -2.48. The van der Waals surface area contributed by atoms with E-state index in [1.54, 1.807) is 4.90 Å². The number of likely N-dealkylation sites (tertiary alicyclic amines) is 1. The first kappa shape index (κ1) is 13.5. The van der Waals surface area contributed by atoms with Crippen molar-refractivity contribution >= 4 is 39.1 Å². The molecule has 18 heavy (non-hydrogen) atoms. The Labute approximate surface area is 118 Å². The van der Waals surface area contributed by atoms with Gasteiger partial charge in [-0.1, -0.05) is 0 Å². The quantitative estimate of drug-likeness (QED) is 0.903. The van der Waals surface area contributed by atoms with Crippen molar-refractivity contribution in [3.8, 4) is 0 Å². The van der Waals surface area contributed by atoms with Crippen LogP contribution >= 0.6 is 27.3 Å². The Morgan fingerprint density at radius 3 is 2.78 bits per heavy atom. The van der Waals surface area contributed by atoms with Crippen LogP contribution in [0.4, 0.5) is 0 Å². The van der Waals surface area contributed by atoms with E-state index in [4.69, 9.17) is 5.73 Å². The number of hydrogen-bond acceptors (Lipinski definition) is 3. The Morgan fingerprint density at radius 2 is 2.22 bits per heavy atom. The van der Waals surface area contributed by atoms with Crippen molar-refractivity contribution < 1.29 is 9.59 Å². The van der Waals surface area contributed by atoms with Gasteiger partial charge in [0.05, 0.1) is 15.3 Å². The number of thiophene rings is 1. The molecule has 0 saturated carbocycles. The van der Waals surface area contributed by atoms with E-state index in [0.717, 1.165) is 16.6 Å². The minimum Gasteiger partial charge on any atom is -0.369 e. The van der Waals surface area contributed by atoms with Gasteiger partial charge in [0.1, 0.15) is 0 Å². The van der Waals surface area contributed by atoms with Crippen molar-refractivity contribution in [2.45, 2.75) is 25.8 Å². The molecule has 1 aliphatic heterocycles. The number of carbonyl (C=O) groups is 2. The van der Waals surface area contributed by atoms with Crippen molar-refractivity contribution in [2.75, 3.05) is 6.54 Å². The zero-order chi connectivity index (χ0) is 13.3. The maximum Gasteiger partial charge on any atom is 0.255 e. The van der Waals surface area contributed by atoms with Crippen LogP contribution in [0.3, 0.4) is 0 Å². The molecule has 4 nitrogen and oxygen atoms in total. The Kier molecular flexibility index (Phi) is 4.07. The van der Waals surface area contributed by atoms with Crippen molar-refractivity contribution in [3.05, 3.63) is 20.8 Å². The SMILES string of the molecule is C[C@H]1CC[C@@H](C(N)=O)CN1C(=O)c1csc(Br)c1. The largest absolute Gasteiger partial charge is 0.369 e. The van der Waals surface area contributed by atoms with Gasteiger partial charge in [0.15, 0.2) is 0 Å². The van der Waals surface area contributed by atoms with E-state index in [-0.39, 0.29) is 23.8 Å². The van der Waals surface area contributed by atoms with Gasteiger partial charge in [-0.3, -0.25) is 9.59 Å². The van der Waals surface area contributed by atoms with Crippen molar-refractivity contribution in [1.82, 2.24) is 4.90 Å². The van der Waals surface area contributed by atoms with Gasteiger partial charge in [-0.05, 0) is 41.8 Å². The molecule has 2 amide bonds. The summed E-state index contributed by atoms with van der Waals surface area (Å²) < 4.78 is 0.932. The molecular formula is C12H15BrN2O2S. The van der Waals surface area contributed by atoms with Crippen LogP contribution in [0.5, 0.6) is 0 Å². The standard InChI is InChI=1S/C12H15BrN2O2S/c1-7-2-3-8(11(14)16)5-15(7)12(17)9-4-10(13)18-6-9/h4,6-8H,2-3,5H2,1H3,(H2,14,16)/t7-,8+/m0/s1. The number of nitrogens with zero attached hydrogens (tertiary/aromatic N) is 1. The van der Waals surface area contributed by atoms with Crippen LogP contribution in [-0.2, 0) is 4.79 Å². The Balaban J connectivity index is 2.15. The first-order valence-electron chi connectivity index (χ1n) is 5.83. The maximum absolute atomic E-state index is 12.4. The number of piperidine rings is 1. The minimum atomic E-state index is -0.314. The highest BCUT2D eigenvalue weighted by atomic mass is 79.9. The molecule has 1 aromatic rings. The molecular weight excluding hydrogens is 316 g/mol. The summed E-state index contributed by atoms with van der Waals surface area (Å²) in [6, 6.07) is 1.97. The van der Waals surface area contributed by atoms with Crippen LogP contribution in [0, 0.1) is 5.92 Å². The highest BCUT2D eigenvalue weighted by Crippen LogP contribution is 2.26. The van der Waals surface area contributed by atoms with Crippen molar-refractivity contribution in [3.63, 3.8) is 0 Å². The molecule has 0 radical (unpaired) electrons. The van der Waals surface area contributed by atoms with E-state index in [1.807, 2.05) is 18.4 Å². The number of amides is 2. The van der Waals surface area contributed by atoms with E-state index in [2.05, 4.69) is 15.9 Å². The average Bonchev–Trinajstić information content (AvgIpc) is 2.75. The lowest BCUT2D eigenvalue weighted by atomic mass is 9.92. The molecule has 0 aromatic carbocycles. The van der Waals surface area contributed by atoms with Gasteiger partial charge in [-0.2, -0.15) is 0 Å². The Hall–Kier alpha value is -0.880. The van der Waals surface area contributed by atoms with E-state index < -0.39 is 0 Å². The van der Waals surface area contributed by atoms with Gasteiger partial charge in [-0.25, -0.2) is 0 Å². The molecule has 2 heterocycles.